The van der Waals surface area contributed by atoms with Crippen LogP contribution in [0.4, 0.5) is 0 Å². The molecule has 0 spiro atoms. The van der Waals surface area contributed by atoms with Crippen LogP contribution in [-0.4, -0.2) is 24.8 Å². The van der Waals surface area contributed by atoms with Gasteiger partial charge in [-0.3, -0.25) is 4.79 Å². The number of hydrogen-bond acceptors (Lipinski definition) is 3. The van der Waals surface area contributed by atoms with Gasteiger partial charge >= 0.3 is 0 Å². The van der Waals surface area contributed by atoms with Crippen molar-refractivity contribution in [3.05, 3.63) is 12.2 Å². The van der Waals surface area contributed by atoms with Crippen molar-refractivity contribution < 1.29 is 14.3 Å². The highest BCUT2D eigenvalue weighted by molar-refractivity contribution is 5.94. The zero-order valence-electron chi connectivity index (χ0n) is 14.1. The molecule has 0 bridgehead atoms. The number of ether oxygens (including phenoxy) is 2. The van der Waals surface area contributed by atoms with E-state index in [4.69, 9.17) is 9.47 Å². The largest absolute Gasteiger partial charge is 0.349 e. The summed E-state index contributed by atoms with van der Waals surface area (Å²) in [6, 6.07) is 0. The molecule has 0 N–H and O–H groups in total. The van der Waals surface area contributed by atoms with Crippen molar-refractivity contribution in [1.82, 2.24) is 0 Å². The summed E-state index contributed by atoms with van der Waals surface area (Å²) in [7, 11) is 0. The maximum Gasteiger partial charge on any atom is 0.184 e. The molecular weight excluding hydrogens is 276 g/mol. The number of carbonyl (C=O) groups excluding carboxylic acids is 1. The minimum absolute atomic E-state index is 0.131. The Kier molecular flexibility index (Phi) is 8.17. The predicted molar refractivity (Wildman–Crippen MR) is 88.7 cm³/mol. The van der Waals surface area contributed by atoms with Crippen molar-refractivity contribution >= 4 is 5.78 Å². The lowest BCUT2D eigenvalue weighted by Gasteiger charge is -2.32. The molecule has 1 saturated carbocycles. The van der Waals surface area contributed by atoms with E-state index < -0.39 is 0 Å². The topological polar surface area (TPSA) is 35.5 Å². The molecule has 22 heavy (non-hydrogen) atoms. The van der Waals surface area contributed by atoms with Gasteiger partial charge in [0.1, 0.15) is 6.10 Å². The van der Waals surface area contributed by atoms with Crippen molar-refractivity contribution in [2.24, 2.45) is 5.92 Å². The van der Waals surface area contributed by atoms with Gasteiger partial charge in [0.05, 0.1) is 6.61 Å². The minimum Gasteiger partial charge on any atom is -0.349 e. The van der Waals surface area contributed by atoms with Crippen LogP contribution >= 0.6 is 0 Å². The third-order valence-electron chi connectivity index (χ3n) is 4.84. The van der Waals surface area contributed by atoms with Gasteiger partial charge in [-0.15, -0.1) is 0 Å². The second-order valence-electron chi connectivity index (χ2n) is 6.72. The molecule has 2 rings (SSSR count). The first kappa shape index (κ1) is 17.7. The van der Waals surface area contributed by atoms with Crippen molar-refractivity contribution in [2.45, 2.75) is 89.9 Å². The van der Waals surface area contributed by atoms with Gasteiger partial charge in [0, 0.05) is 0 Å². The minimum atomic E-state index is -0.319. The molecule has 1 aliphatic heterocycles. The lowest BCUT2D eigenvalue weighted by Crippen LogP contribution is -2.39. The lowest BCUT2D eigenvalue weighted by molar-refractivity contribution is -0.174. The second kappa shape index (κ2) is 10.2. The fourth-order valence-electron chi connectivity index (χ4n) is 3.48. The molecule has 1 aliphatic carbocycles. The Hall–Kier alpha value is -0.670. The molecule has 2 atom stereocenters. The smallest absolute Gasteiger partial charge is 0.184 e. The Balaban J connectivity index is 1.65. The third-order valence-corrected chi connectivity index (χ3v) is 4.84. The summed E-state index contributed by atoms with van der Waals surface area (Å²) < 4.78 is 11.7. The number of rotatable bonds is 9. The molecule has 0 aromatic heterocycles. The zero-order chi connectivity index (χ0) is 15.6. The standard InChI is InChI=1S/C19H32O3/c1-2-3-4-5-6-10-15-21-18-14-13-17(20)19(22-18)16-11-8-7-9-12-16/h13-14,16,18-19H,2-12,15H2,1H3. The highest BCUT2D eigenvalue weighted by Crippen LogP contribution is 2.30. The van der Waals surface area contributed by atoms with E-state index in [1.54, 1.807) is 12.2 Å². The summed E-state index contributed by atoms with van der Waals surface area (Å²) >= 11 is 0. The maximum absolute atomic E-state index is 12.0. The molecule has 2 unspecified atom stereocenters. The Morgan fingerprint density at radius 2 is 1.82 bits per heavy atom. The van der Waals surface area contributed by atoms with Gasteiger partial charge in [-0.1, -0.05) is 58.3 Å². The van der Waals surface area contributed by atoms with Gasteiger partial charge in [0.15, 0.2) is 12.1 Å². The fraction of sp³-hybridized carbons (Fsp3) is 0.842. The Morgan fingerprint density at radius 1 is 1.09 bits per heavy atom. The maximum atomic E-state index is 12.0. The summed E-state index contributed by atoms with van der Waals surface area (Å²) in [6.07, 6.45) is 16.4. The van der Waals surface area contributed by atoms with E-state index in [-0.39, 0.29) is 18.2 Å². The SMILES string of the molecule is CCCCCCCCOC1C=CC(=O)C(C2CCCCC2)O1. The average Bonchev–Trinajstić information content (AvgIpc) is 2.56. The van der Waals surface area contributed by atoms with Crippen LogP contribution in [0.15, 0.2) is 12.2 Å². The normalized spacial score (nSPS) is 26.5. The van der Waals surface area contributed by atoms with Crippen molar-refractivity contribution in [3.8, 4) is 0 Å². The summed E-state index contributed by atoms with van der Waals surface area (Å²) in [5.74, 6) is 0.526. The Bertz CT molecular complexity index is 345. The fourth-order valence-corrected chi connectivity index (χ4v) is 3.48. The van der Waals surface area contributed by atoms with E-state index in [1.165, 1.54) is 51.4 Å². The van der Waals surface area contributed by atoms with Crippen LogP contribution in [0.1, 0.15) is 77.6 Å². The van der Waals surface area contributed by atoms with Crippen LogP contribution in [0, 0.1) is 5.92 Å². The van der Waals surface area contributed by atoms with Gasteiger partial charge in [-0.05, 0) is 37.3 Å². The van der Waals surface area contributed by atoms with E-state index in [0.717, 1.165) is 25.9 Å². The summed E-state index contributed by atoms with van der Waals surface area (Å²) in [5.41, 5.74) is 0. The number of carbonyl (C=O) groups is 1. The van der Waals surface area contributed by atoms with Crippen molar-refractivity contribution in [1.29, 1.82) is 0 Å². The van der Waals surface area contributed by atoms with Gasteiger partial charge in [-0.2, -0.15) is 0 Å². The average molecular weight is 308 g/mol. The first-order valence-corrected chi connectivity index (χ1v) is 9.30. The molecule has 1 fully saturated rings. The van der Waals surface area contributed by atoms with Crippen LogP contribution in [0.25, 0.3) is 0 Å². The molecule has 0 amide bonds. The Labute approximate surface area is 135 Å². The molecule has 0 radical (unpaired) electrons. The molecular formula is C19H32O3. The second-order valence-corrected chi connectivity index (χ2v) is 6.72. The Morgan fingerprint density at radius 3 is 2.59 bits per heavy atom. The molecule has 1 heterocycles. The lowest BCUT2D eigenvalue weighted by atomic mass is 9.83. The number of ketones is 1. The van der Waals surface area contributed by atoms with Crippen LogP contribution in [0.3, 0.4) is 0 Å². The van der Waals surface area contributed by atoms with E-state index in [1.807, 2.05) is 0 Å². The van der Waals surface area contributed by atoms with Gasteiger partial charge in [0.2, 0.25) is 0 Å². The van der Waals surface area contributed by atoms with Gasteiger partial charge < -0.3 is 9.47 Å². The molecule has 126 valence electrons. The van der Waals surface area contributed by atoms with E-state index in [9.17, 15) is 4.79 Å². The molecule has 3 nitrogen and oxygen atoms in total. The van der Waals surface area contributed by atoms with Gasteiger partial charge in [0.25, 0.3) is 0 Å². The number of hydrogen-bond donors (Lipinski definition) is 0. The van der Waals surface area contributed by atoms with Crippen molar-refractivity contribution in [3.63, 3.8) is 0 Å². The van der Waals surface area contributed by atoms with Crippen LogP contribution in [0.2, 0.25) is 0 Å². The predicted octanol–water partition coefficient (Wildman–Crippen LogP) is 4.79. The molecule has 3 heteroatoms. The molecule has 0 aromatic rings. The van der Waals surface area contributed by atoms with E-state index >= 15 is 0 Å². The highest BCUT2D eigenvalue weighted by Gasteiger charge is 2.33. The summed E-state index contributed by atoms with van der Waals surface area (Å²) in [6.45, 7) is 2.96. The highest BCUT2D eigenvalue weighted by atomic mass is 16.7. The first-order valence-electron chi connectivity index (χ1n) is 9.30. The molecule has 0 saturated heterocycles. The first-order chi connectivity index (χ1) is 10.8. The van der Waals surface area contributed by atoms with Crippen LogP contribution < -0.4 is 0 Å². The van der Waals surface area contributed by atoms with Crippen LogP contribution in [0.5, 0.6) is 0 Å². The van der Waals surface area contributed by atoms with E-state index in [0.29, 0.717) is 5.92 Å². The molecule has 0 aromatic carbocycles. The zero-order valence-corrected chi connectivity index (χ0v) is 14.1. The van der Waals surface area contributed by atoms with Crippen molar-refractivity contribution in [2.75, 3.05) is 6.61 Å². The summed E-state index contributed by atoms with van der Waals surface area (Å²) in [4.78, 5) is 12.0. The summed E-state index contributed by atoms with van der Waals surface area (Å²) in [5, 5.41) is 0. The monoisotopic (exact) mass is 308 g/mol. The quantitative estimate of drug-likeness (QED) is 0.574. The third kappa shape index (κ3) is 5.85. The van der Waals surface area contributed by atoms with E-state index in [2.05, 4.69) is 6.92 Å². The van der Waals surface area contributed by atoms with Gasteiger partial charge in [-0.25, -0.2) is 0 Å². The van der Waals surface area contributed by atoms with Crippen LogP contribution in [-0.2, 0) is 14.3 Å². The number of unbranched alkanes of at least 4 members (excludes halogenated alkanes) is 5. The molecule has 2 aliphatic rings.